The quantitative estimate of drug-likeness (QED) is 0.344. The maximum Gasteiger partial charge on any atom is 0.256 e. The van der Waals surface area contributed by atoms with Gasteiger partial charge in [0.25, 0.3) is 5.91 Å². The number of hydrogen-bond acceptors (Lipinski definition) is 4. The predicted octanol–water partition coefficient (Wildman–Crippen LogP) is 6.30. The molecule has 0 radical (unpaired) electrons. The second-order valence-electron chi connectivity index (χ2n) is 7.94. The molecule has 5 rings (SSSR count). The molecule has 4 aromatic rings. The van der Waals surface area contributed by atoms with Gasteiger partial charge in [-0.1, -0.05) is 78.1 Å². The Morgan fingerprint density at radius 3 is 2.26 bits per heavy atom. The van der Waals surface area contributed by atoms with Gasteiger partial charge in [-0.2, -0.15) is 0 Å². The number of carbonyl (C=O) groups excluding carboxylic acids is 1. The summed E-state index contributed by atoms with van der Waals surface area (Å²) in [6.45, 7) is 1.48. The molecule has 0 aliphatic carbocycles. The number of para-hydroxylation sites is 1. The zero-order valence-electron chi connectivity index (χ0n) is 18.6. The van der Waals surface area contributed by atoms with E-state index in [0.29, 0.717) is 12.1 Å². The van der Waals surface area contributed by atoms with E-state index < -0.39 is 0 Å². The van der Waals surface area contributed by atoms with Crippen molar-refractivity contribution in [3.05, 3.63) is 101 Å². The summed E-state index contributed by atoms with van der Waals surface area (Å²) in [5, 5.41) is 3.94. The number of benzene rings is 3. The highest BCUT2D eigenvalue weighted by Crippen LogP contribution is 2.32. The van der Waals surface area contributed by atoms with Crippen molar-refractivity contribution in [2.45, 2.75) is 25.5 Å². The Hall–Kier alpha value is -3.19. The van der Waals surface area contributed by atoms with Crippen LogP contribution in [-0.4, -0.2) is 23.2 Å². The minimum atomic E-state index is -0.135. The number of ether oxygens (including phenoxy) is 1. The zero-order valence-corrected chi connectivity index (χ0v) is 20.2. The molecule has 1 atom stereocenters. The summed E-state index contributed by atoms with van der Waals surface area (Å²) in [6, 6.07) is 29.4. The summed E-state index contributed by atoms with van der Waals surface area (Å²) in [6.07, 6.45) is 2.22. The molecular weight excluding hydrogens is 466 g/mol. The second kappa shape index (κ2) is 11.3. The number of anilines is 1. The number of rotatable bonds is 6. The van der Waals surface area contributed by atoms with Crippen molar-refractivity contribution in [3.8, 4) is 11.3 Å². The first-order valence-corrected chi connectivity index (χ1v) is 12.0. The van der Waals surface area contributed by atoms with Crippen molar-refractivity contribution >= 4 is 40.3 Å². The van der Waals surface area contributed by atoms with E-state index in [4.69, 9.17) is 9.73 Å². The van der Waals surface area contributed by atoms with Crippen molar-refractivity contribution in [2.75, 3.05) is 11.9 Å². The summed E-state index contributed by atoms with van der Waals surface area (Å²) >= 11 is 1.49. The molecule has 1 saturated heterocycles. The first-order chi connectivity index (χ1) is 16.3. The smallest absolute Gasteiger partial charge is 0.256 e. The number of amides is 1. The van der Waals surface area contributed by atoms with Gasteiger partial charge in [-0.25, -0.2) is 4.99 Å². The third-order valence-corrected chi connectivity index (χ3v) is 6.60. The molecule has 1 aliphatic heterocycles. The fourth-order valence-corrected chi connectivity index (χ4v) is 5.08. The second-order valence-corrected chi connectivity index (χ2v) is 8.92. The molecule has 0 spiro atoms. The Morgan fingerprint density at radius 1 is 0.971 bits per heavy atom. The average molecular weight is 492 g/mol. The topological polar surface area (TPSA) is 55.6 Å². The minimum Gasteiger partial charge on any atom is -0.376 e. The lowest BCUT2D eigenvalue weighted by Gasteiger charge is -2.15. The lowest BCUT2D eigenvalue weighted by atomic mass is 10.1. The Morgan fingerprint density at radius 2 is 1.62 bits per heavy atom. The number of nitrogens with zero attached hydrogens (tertiary/aromatic N) is 2. The molecule has 1 aliphatic rings. The van der Waals surface area contributed by atoms with E-state index in [1.807, 2.05) is 78.9 Å². The van der Waals surface area contributed by atoms with Gasteiger partial charge in [0.15, 0.2) is 4.80 Å². The highest BCUT2D eigenvalue weighted by Gasteiger charge is 2.23. The summed E-state index contributed by atoms with van der Waals surface area (Å²) in [7, 11) is 0. The Labute approximate surface area is 209 Å². The highest BCUT2D eigenvalue weighted by atomic mass is 35.5. The first-order valence-electron chi connectivity index (χ1n) is 11.1. The van der Waals surface area contributed by atoms with Crippen LogP contribution in [0, 0.1) is 0 Å². The van der Waals surface area contributed by atoms with Crippen molar-refractivity contribution in [2.24, 2.45) is 4.99 Å². The number of halogens is 1. The van der Waals surface area contributed by atoms with Crippen LogP contribution in [0.3, 0.4) is 0 Å². The van der Waals surface area contributed by atoms with Crippen LogP contribution < -0.4 is 10.1 Å². The van der Waals surface area contributed by atoms with E-state index in [1.54, 1.807) is 0 Å². The SMILES string of the molecule is Cl.O=C(Nc1sc(=Nc2ccccc2)n(CC2CCCO2)c1-c1ccccc1)c1ccccc1. The van der Waals surface area contributed by atoms with Crippen LogP contribution in [0.4, 0.5) is 10.7 Å². The lowest BCUT2D eigenvalue weighted by molar-refractivity contribution is 0.0968. The first kappa shape index (κ1) is 24.0. The zero-order chi connectivity index (χ0) is 22.5. The van der Waals surface area contributed by atoms with Gasteiger partial charge in [0.1, 0.15) is 5.00 Å². The average Bonchev–Trinajstić information content (AvgIpc) is 3.49. The molecule has 1 amide bonds. The van der Waals surface area contributed by atoms with Crippen LogP contribution in [0.25, 0.3) is 11.3 Å². The molecule has 34 heavy (non-hydrogen) atoms. The van der Waals surface area contributed by atoms with Gasteiger partial charge in [-0.3, -0.25) is 4.79 Å². The Kier molecular flexibility index (Phi) is 7.95. The van der Waals surface area contributed by atoms with Crippen LogP contribution in [0.15, 0.2) is 96.0 Å². The van der Waals surface area contributed by atoms with Crippen LogP contribution in [0.2, 0.25) is 0 Å². The molecule has 5 nitrogen and oxygen atoms in total. The van der Waals surface area contributed by atoms with E-state index in [1.165, 1.54) is 11.3 Å². The Balaban J connectivity index is 0.00000274. The van der Waals surface area contributed by atoms with Crippen molar-refractivity contribution in [3.63, 3.8) is 0 Å². The van der Waals surface area contributed by atoms with Crippen molar-refractivity contribution < 1.29 is 9.53 Å². The number of nitrogens with one attached hydrogen (secondary N) is 1. The number of carbonyl (C=O) groups is 1. The summed E-state index contributed by atoms with van der Waals surface area (Å²) < 4.78 is 8.17. The highest BCUT2D eigenvalue weighted by molar-refractivity contribution is 7.14. The minimum absolute atomic E-state index is 0. The fraction of sp³-hybridized carbons (Fsp3) is 0.185. The molecule has 2 heterocycles. The molecule has 1 fully saturated rings. The van der Waals surface area contributed by atoms with E-state index in [9.17, 15) is 4.79 Å². The van der Waals surface area contributed by atoms with E-state index in [0.717, 1.165) is 46.2 Å². The van der Waals surface area contributed by atoms with Crippen molar-refractivity contribution in [1.82, 2.24) is 4.57 Å². The fourth-order valence-electron chi connectivity index (χ4n) is 4.00. The predicted molar refractivity (Wildman–Crippen MR) is 140 cm³/mol. The van der Waals surface area contributed by atoms with Gasteiger partial charge in [0.2, 0.25) is 0 Å². The molecule has 7 heteroatoms. The van der Waals surface area contributed by atoms with E-state index in [2.05, 4.69) is 22.0 Å². The van der Waals surface area contributed by atoms with Gasteiger partial charge >= 0.3 is 0 Å². The van der Waals surface area contributed by atoms with Crippen molar-refractivity contribution in [1.29, 1.82) is 0 Å². The molecule has 3 aromatic carbocycles. The number of aromatic nitrogens is 1. The van der Waals surface area contributed by atoms with E-state index in [-0.39, 0.29) is 24.4 Å². The molecule has 0 bridgehead atoms. The monoisotopic (exact) mass is 491 g/mol. The third kappa shape index (κ3) is 5.47. The van der Waals surface area contributed by atoms with Crippen LogP contribution >= 0.6 is 23.7 Å². The van der Waals surface area contributed by atoms with Crippen LogP contribution in [0.1, 0.15) is 23.2 Å². The van der Waals surface area contributed by atoms with Gasteiger partial charge < -0.3 is 14.6 Å². The maximum atomic E-state index is 13.1. The third-order valence-electron chi connectivity index (χ3n) is 5.61. The van der Waals surface area contributed by atoms with Crippen LogP contribution in [-0.2, 0) is 11.3 Å². The Bertz CT molecular complexity index is 1280. The number of hydrogen-bond donors (Lipinski definition) is 1. The van der Waals surface area contributed by atoms with E-state index >= 15 is 0 Å². The standard InChI is InChI=1S/C27H25N3O2S.ClH/c31-25(21-13-6-2-7-14-21)29-26-24(20-11-4-1-5-12-20)30(19-23-17-10-18-32-23)27(33-26)28-22-15-8-3-9-16-22;/h1-9,11-16,23H,10,17-19H2,(H,29,31);1H. The van der Waals surface area contributed by atoms with Gasteiger partial charge in [0, 0.05) is 17.7 Å². The normalized spacial score (nSPS) is 15.6. The summed E-state index contributed by atoms with van der Waals surface area (Å²) in [5.41, 5.74) is 3.48. The van der Waals surface area contributed by atoms with Crippen LogP contribution in [0.5, 0.6) is 0 Å². The molecule has 1 aromatic heterocycles. The largest absolute Gasteiger partial charge is 0.376 e. The summed E-state index contributed by atoms with van der Waals surface area (Å²) in [5.74, 6) is -0.135. The van der Waals surface area contributed by atoms with Gasteiger partial charge in [-0.05, 0) is 37.1 Å². The number of thiazole rings is 1. The molecule has 1 N–H and O–H groups in total. The van der Waals surface area contributed by atoms with Gasteiger partial charge in [0.05, 0.1) is 24.0 Å². The lowest BCUT2D eigenvalue weighted by Crippen LogP contribution is -2.24. The van der Waals surface area contributed by atoms with Gasteiger partial charge in [-0.15, -0.1) is 12.4 Å². The molecular formula is C27H26ClN3O2S. The molecule has 174 valence electrons. The summed E-state index contributed by atoms with van der Waals surface area (Å²) in [4.78, 5) is 18.8. The maximum absolute atomic E-state index is 13.1. The molecule has 0 saturated carbocycles. The molecule has 1 unspecified atom stereocenters.